The van der Waals surface area contributed by atoms with Gasteiger partial charge in [-0.3, -0.25) is 0 Å². The molecule has 1 rings (SSSR count). The zero-order valence-corrected chi connectivity index (χ0v) is 10.2. The van der Waals surface area contributed by atoms with Gasteiger partial charge in [-0.2, -0.15) is 0 Å². The minimum atomic E-state index is -0.336. The molecule has 1 aliphatic heterocycles. The van der Waals surface area contributed by atoms with Crippen molar-refractivity contribution in [3.8, 4) is 0 Å². The molecule has 2 heteroatoms. The van der Waals surface area contributed by atoms with Crippen LogP contribution in [0.5, 0.6) is 0 Å². The van der Waals surface area contributed by atoms with Gasteiger partial charge in [0.1, 0.15) is 0 Å². The summed E-state index contributed by atoms with van der Waals surface area (Å²) in [7, 11) is 0. The maximum Gasteiger partial charge on any atom is 0.173 e. The van der Waals surface area contributed by atoms with Gasteiger partial charge in [0.05, 0.1) is 13.2 Å². The van der Waals surface area contributed by atoms with Crippen LogP contribution in [-0.4, -0.2) is 19.0 Å². The van der Waals surface area contributed by atoms with Gasteiger partial charge in [-0.1, -0.05) is 34.6 Å². The van der Waals surface area contributed by atoms with E-state index in [1.54, 1.807) is 0 Å². The molecule has 2 nitrogen and oxygen atoms in total. The van der Waals surface area contributed by atoms with E-state index in [9.17, 15) is 0 Å². The Morgan fingerprint density at radius 2 is 1.64 bits per heavy atom. The standard InChI is InChI=1S/C12H24O2/c1-10(2)6-7-12(11(3,4)5)13-8-9-14-12/h10H,6-9H2,1-5H3. The average Bonchev–Trinajstić information content (AvgIpc) is 2.48. The molecule has 14 heavy (non-hydrogen) atoms. The molecule has 0 radical (unpaired) electrons. The van der Waals surface area contributed by atoms with Crippen LogP contribution in [0.4, 0.5) is 0 Å². The highest BCUT2D eigenvalue weighted by Crippen LogP contribution is 2.41. The van der Waals surface area contributed by atoms with E-state index in [2.05, 4.69) is 34.6 Å². The number of hydrogen-bond donors (Lipinski definition) is 0. The van der Waals surface area contributed by atoms with Crippen molar-refractivity contribution in [1.82, 2.24) is 0 Å². The van der Waals surface area contributed by atoms with E-state index in [1.807, 2.05) is 0 Å². The van der Waals surface area contributed by atoms with Crippen LogP contribution in [0.1, 0.15) is 47.5 Å². The third kappa shape index (κ3) is 2.48. The molecule has 0 saturated carbocycles. The van der Waals surface area contributed by atoms with E-state index in [1.165, 1.54) is 0 Å². The summed E-state index contributed by atoms with van der Waals surface area (Å²) < 4.78 is 11.7. The smallest absolute Gasteiger partial charge is 0.173 e. The molecule has 0 aliphatic carbocycles. The Labute approximate surface area is 88.0 Å². The molecule has 0 amide bonds. The molecular weight excluding hydrogens is 176 g/mol. The first kappa shape index (κ1) is 12.0. The van der Waals surface area contributed by atoms with Gasteiger partial charge in [0.15, 0.2) is 5.79 Å². The third-order valence-electron chi connectivity index (χ3n) is 2.95. The van der Waals surface area contributed by atoms with Crippen LogP contribution < -0.4 is 0 Å². The lowest BCUT2D eigenvalue weighted by Gasteiger charge is -2.40. The van der Waals surface area contributed by atoms with Crippen LogP contribution in [-0.2, 0) is 9.47 Å². The zero-order valence-electron chi connectivity index (χ0n) is 10.2. The van der Waals surface area contributed by atoms with Crippen molar-refractivity contribution in [3.63, 3.8) is 0 Å². The minimum Gasteiger partial charge on any atom is -0.347 e. The lowest BCUT2D eigenvalue weighted by Crippen LogP contribution is -2.44. The molecule has 0 spiro atoms. The average molecular weight is 200 g/mol. The fraction of sp³-hybridized carbons (Fsp3) is 1.00. The maximum atomic E-state index is 5.83. The predicted molar refractivity (Wildman–Crippen MR) is 58.2 cm³/mol. The van der Waals surface area contributed by atoms with E-state index in [-0.39, 0.29) is 11.2 Å². The van der Waals surface area contributed by atoms with Gasteiger partial charge < -0.3 is 9.47 Å². The highest BCUT2D eigenvalue weighted by atomic mass is 16.7. The summed E-state index contributed by atoms with van der Waals surface area (Å²) in [6, 6.07) is 0. The highest BCUT2D eigenvalue weighted by Gasteiger charge is 2.46. The van der Waals surface area contributed by atoms with Crippen LogP contribution in [0, 0.1) is 11.3 Å². The van der Waals surface area contributed by atoms with Crippen LogP contribution in [0.15, 0.2) is 0 Å². The maximum absolute atomic E-state index is 5.83. The van der Waals surface area contributed by atoms with E-state index in [0.717, 1.165) is 26.1 Å². The van der Waals surface area contributed by atoms with Crippen LogP contribution in [0.2, 0.25) is 0 Å². The first-order chi connectivity index (χ1) is 6.37. The predicted octanol–water partition coefficient (Wildman–Crippen LogP) is 3.21. The molecule has 0 N–H and O–H groups in total. The van der Waals surface area contributed by atoms with Gasteiger partial charge in [0.2, 0.25) is 0 Å². The molecule has 0 atom stereocenters. The molecule has 0 aromatic heterocycles. The zero-order chi connectivity index (χ0) is 10.8. The van der Waals surface area contributed by atoms with E-state index < -0.39 is 0 Å². The Balaban J connectivity index is 2.63. The summed E-state index contributed by atoms with van der Waals surface area (Å²) in [5, 5.41) is 0. The van der Waals surface area contributed by atoms with Crippen molar-refractivity contribution in [3.05, 3.63) is 0 Å². The van der Waals surface area contributed by atoms with Gasteiger partial charge in [-0.25, -0.2) is 0 Å². The molecule has 0 aromatic carbocycles. The molecule has 1 aliphatic rings. The number of hydrogen-bond acceptors (Lipinski definition) is 2. The quantitative estimate of drug-likeness (QED) is 0.696. The molecule has 84 valence electrons. The van der Waals surface area contributed by atoms with E-state index in [0.29, 0.717) is 5.92 Å². The SMILES string of the molecule is CC(C)CCC1(C(C)(C)C)OCCO1. The van der Waals surface area contributed by atoms with Gasteiger partial charge in [0.25, 0.3) is 0 Å². The second kappa shape index (κ2) is 4.19. The highest BCUT2D eigenvalue weighted by molar-refractivity contribution is 4.87. The Kier molecular flexibility index (Phi) is 3.59. The molecule has 0 unspecified atom stereocenters. The van der Waals surface area contributed by atoms with Crippen LogP contribution in [0.3, 0.4) is 0 Å². The van der Waals surface area contributed by atoms with Crippen molar-refractivity contribution >= 4 is 0 Å². The van der Waals surface area contributed by atoms with Gasteiger partial charge >= 0.3 is 0 Å². The summed E-state index contributed by atoms with van der Waals surface area (Å²) in [5.74, 6) is 0.374. The van der Waals surface area contributed by atoms with Crippen LogP contribution in [0.25, 0.3) is 0 Å². The number of ether oxygens (including phenoxy) is 2. The second-order valence-electron chi connectivity index (χ2n) is 5.63. The summed E-state index contributed by atoms with van der Waals surface area (Å²) in [4.78, 5) is 0. The second-order valence-corrected chi connectivity index (χ2v) is 5.63. The Morgan fingerprint density at radius 3 is 2.00 bits per heavy atom. The molecular formula is C12H24O2. The third-order valence-corrected chi connectivity index (χ3v) is 2.95. The lowest BCUT2D eigenvalue weighted by molar-refractivity contribution is -0.228. The van der Waals surface area contributed by atoms with Crippen LogP contribution >= 0.6 is 0 Å². The Morgan fingerprint density at radius 1 is 1.14 bits per heavy atom. The molecule has 1 heterocycles. The molecule has 1 fully saturated rings. The van der Waals surface area contributed by atoms with Crippen molar-refractivity contribution < 1.29 is 9.47 Å². The molecule has 1 saturated heterocycles. The van der Waals surface area contributed by atoms with Crippen molar-refractivity contribution in [1.29, 1.82) is 0 Å². The number of rotatable bonds is 3. The Hall–Kier alpha value is -0.0800. The van der Waals surface area contributed by atoms with Gasteiger partial charge in [0, 0.05) is 11.8 Å². The largest absolute Gasteiger partial charge is 0.347 e. The fourth-order valence-electron chi connectivity index (χ4n) is 1.89. The first-order valence-electron chi connectivity index (χ1n) is 5.65. The van der Waals surface area contributed by atoms with Crippen molar-refractivity contribution in [2.75, 3.05) is 13.2 Å². The van der Waals surface area contributed by atoms with E-state index in [4.69, 9.17) is 9.47 Å². The first-order valence-corrected chi connectivity index (χ1v) is 5.65. The molecule has 0 aromatic rings. The summed E-state index contributed by atoms with van der Waals surface area (Å²) in [5.41, 5.74) is 0.0678. The Bertz CT molecular complexity index is 173. The normalized spacial score (nSPS) is 21.9. The van der Waals surface area contributed by atoms with E-state index >= 15 is 0 Å². The summed E-state index contributed by atoms with van der Waals surface area (Å²) >= 11 is 0. The van der Waals surface area contributed by atoms with Gasteiger partial charge in [-0.05, 0) is 12.3 Å². The lowest BCUT2D eigenvalue weighted by atomic mass is 9.81. The minimum absolute atomic E-state index is 0.0678. The van der Waals surface area contributed by atoms with Crippen molar-refractivity contribution in [2.45, 2.75) is 53.2 Å². The summed E-state index contributed by atoms with van der Waals surface area (Å²) in [6.45, 7) is 12.6. The monoisotopic (exact) mass is 200 g/mol. The van der Waals surface area contributed by atoms with Gasteiger partial charge in [-0.15, -0.1) is 0 Å². The summed E-state index contributed by atoms with van der Waals surface area (Å²) in [6.07, 6.45) is 2.17. The molecule has 0 bridgehead atoms. The van der Waals surface area contributed by atoms with Crippen molar-refractivity contribution in [2.24, 2.45) is 11.3 Å². The topological polar surface area (TPSA) is 18.5 Å². The fourth-order valence-corrected chi connectivity index (χ4v) is 1.89.